The molecule has 3 rings (SSSR count). The molecule has 116 valence electrons. The smallest absolute Gasteiger partial charge is 0.326 e. The van der Waals surface area contributed by atoms with Crippen LogP contribution in [0.1, 0.15) is 29.8 Å². The second kappa shape index (κ2) is 5.65. The van der Waals surface area contributed by atoms with E-state index < -0.39 is 12.0 Å². The van der Waals surface area contributed by atoms with Crippen LogP contribution in [0.4, 0.5) is 0 Å². The van der Waals surface area contributed by atoms with E-state index in [4.69, 9.17) is 11.6 Å². The van der Waals surface area contributed by atoms with Gasteiger partial charge in [-0.25, -0.2) is 4.79 Å². The molecule has 1 amide bonds. The van der Waals surface area contributed by atoms with E-state index in [0.717, 1.165) is 23.7 Å². The largest absolute Gasteiger partial charge is 0.480 e. The van der Waals surface area contributed by atoms with Gasteiger partial charge in [-0.1, -0.05) is 29.8 Å². The zero-order valence-electron chi connectivity index (χ0n) is 12.3. The van der Waals surface area contributed by atoms with Gasteiger partial charge in [0.1, 0.15) is 11.7 Å². The number of amides is 1. The Morgan fingerprint density at radius 1 is 1.27 bits per heavy atom. The number of aromatic nitrogens is 1. The van der Waals surface area contributed by atoms with Crippen molar-refractivity contribution in [3.05, 3.63) is 35.0 Å². The molecule has 6 heteroatoms. The van der Waals surface area contributed by atoms with Gasteiger partial charge < -0.3 is 14.6 Å². The molecule has 1 unspecified atom stereocenters. The van der Waals surface area contributed by atoms with Crippen LogP contribution in [-0.4, -0.2) is 39.0 Å². The van der Waals surface area contributed by atoms with Crippen molar-refractivity contribution in [2.24, 2.45) is 7.05 Å². The quantitative estimate of drug-likeness (QED) is 0.925. The number of carbonyl (C=O) groups excluding carboxylic acids is 1. The number of hydrogen-bond acceptors (Lipinski definition) is 2. The highest BCUT2D eigenvalue weighted by atomic mass is 35.5. The Bertz CT molecular complexity index is 714. The summed E-state index contributed by atoms with van der Waals surface area (Å²) in [5.74, 6) is -1.27. The van der Waals surface area contributed by atoms with Crippen LogP contribution in [0.5, 0.6) is 0 Å². The van der Waals surface area contributed by atoms with Crippen LogP contribution in [0.15, 0.2) is 24.3 Å². The van der Waals surface area contributed by atoms with Gasteiger partial charge in [0, 0.05) is 24.5 Å². The zero-order chi connectivity index (χ0) is 15.9. The van der Waals surface area contributed by atoms with Crippen molar-refractivity contribution in [1.29, 1.82) is 0 Å². The van der Waals surface area contributed by atoms with Crippen molar-refractivity contribution < 1.29 is 14.7 Å². The molecule has 0 radical (unpaired) electrons. The predicted molar refractivity (Wildman–Crippen MR) is 84.2 cm³/mol. The number of hydrogen-bond donors (Lipinski definition) is 1. The van der Waals surface area contributed by atoms with E-state index in [0.29, 0.717) is 23.7 Å². The topological polar surface area (TPSA) is 62.5 Å². The Hall–Kier alpha value is -2.01. The standard InChI is InChI=1S/C16H17ClN2O3/c1-18-11-7-3-2-6-10(11)13(17)14(18)15(20)19-9-5-4-8-12(19)16(21)22/h2-3,6-7,12H,4-5,8-9H2,1H3,(H,21,22). The van der Waals surface area contributed by atoms with E-state index in [-0.39, 0.29) is 5.91 Å². The normalized spacial score (nSPS) is 18.6. The molecule has 0 bridgehead atoms. The lowest BCUT2D eigenvalue weighted by Crippen LogP contribution is -2.48. The predicted octanol–water partition coefficient (Wildman–Crippen LogP) is 2.91. The number of carboxylic acid groups (broad SMARTS) is 1. The molecular formula is C16H17ClN2O3. The number of benzene rings is 1. The SMILES string of the molecule is Cn1c(C(=O)N2CCCCC2C(=O)O)c(Cl)c2ccccc21. The molecule has 1 aromatic heterocycles. The van der Waals surface area contributed by atoms with Crippen LogP contribution in [0, 0.1) is 0 Å². The van der Waals surface area contributed by atoms with Gasteiger partial charge >= 0.3 is 5.97 Å². The van der Waals surface area contributed by atoms with Crippen molar-refractivity contribution in [1.82, 2.24) is 9.47 Å². The summed E-state index contributed by atoms with van der Waals surface area (Å²) in [6.45, 7) is 0.452. The second-order valence-corrected chi connectivity index (χ2v) is 5.97. The zero-order valence-corrected chi connectivity index (χ0v) is 13.0. The Labute approximate surface area is 133 Å². The third kappa shape index (κ3) is 2.25. The van der Waals surface area contributed by atoms with Crippen LogP contribution < -0.4 is 0 Å². The van der Waals surface area contributed by atoms with Gasteiger partial charge in [-0.15, -0.1) is 0 Å². The van der Waals surface area contributed by atoms with E-state index in [2.05, 4.69) is 0 Å². The maximum Gasteiger partial charge on any atom is 0.326 e. The van der Waals surface area contributed by atoms with Crippen molar-refractivity contribution in [2.45, 2.75) is 25.3 Å². The number of carbonyl (C=O) groups is 2. The first-order valence-corrected chi connectivity index (χ1v) is 7.67. The monoisotopic (exact) mass is 320 g/mol. The minimum absolute atomic E-state index is 0.309. The van der Waals surface area contributed by atoms with Crippen LogP contribution in [0.25, 0.3) is 10.9 Å². The summed E-state index contributed by atoms with van der Waals surface area (Å²) < 4.78 is 1.74. The van der Waals surface area contributed by atoms with Crippen molar-refractivity contribution in [3.8, 4) is 0 Å². The van der Waals surface area contributed by atoms with Crippen molar-refractivity contribution in [2.75, 3.05) is 6.54 Å². The molecular weight excluding hydrogens is 304 g/mol. The second-order valence-electron chi connectivity index (χ2n) is 5.59. The van der Waals surface area contributed by atoms with E-state index in [1.54, 1.807) is 11.6 Å². The molecule has 2 heterocycles. The van der Waals surface area contributed by atoms with Gasteiger partial charge in [-0.3, -0.25) is 4.79 Å². The Morgan fingerprint density at radius 2 is 2.00 bits per heavy atom. The molecule has 1 aromatic carbocycles. The highest BCUT2D eigenvalue weighted by Gasteiger charge is 2.35. The van der Waals surface area contributed by atoms with E-state index in [9.17, 15) is 14.7 Å². The molecule has 1 aliphatic rings. The number of carboxylic acids is 1. The summed E-state index contributed by atoms with van der Waals surface area (Å²) in [5.41, 5.74) is 1.22. The van der Waals surface area contributed by atoms with Gasteiger partial charge in [0.15, 0.2) is 0 Å². The minimum atomic E-state index is -0.956. The fourth-order valence-electron chi connectivity index (χ4n) is 3.15. The Morgan fingerprint density at radius 3 is 2.68 bits per heavy atom. The first kappa shape index (κ1) is 14.9. The molecule has 2 aromatic rings. The molecule has 1 atom stereocenters. The highest BCUT2D eigenvalue weighted by Crippen LogP contribution is 2.32. The number of para-hydroxylation sites is 1. The summed E-state index contributed by atoms with van der Waals surface area (Å²) in [5, 5.41) is 10.5. The number of piperidine rings is 1. The van der Waals surface area contributed by atoms with Crippen LogP contribution >= 0.6 is 11.6 Å². The molecule has 0 saturated carbocycles. The lowest BCUT2D eigenvalue weighted by Gasteiger charge is -2.33. The summed E-state index contributed by atoms with van der Waals surface area (Å²) in [4.78, 5) is 25.7. The summed E-state index contributed by atoms with van der Waals surface area (Å²) in [6.07, 6.45) is 2.13. The fourth-order valence-corrected chi connectivity index (χ4v) is 3.52. The number of rotatable bonds is 2. The average molecular weight is 321 g/mol. The van der Waals surface area contributed by atoms with Gasteiger partial charge in [-0.2, -0.15) is 0 Å². The maximum atomic E-state index is 12.9. The molecule has 0 aliphatic carbocycles. The number of nitrogens with zero attached hydrogens (tertiary/aromatic N) is 2. The Kier molecular flexibility index (Phi) is 3.83. The molecule has 22 heavy (non-hydrogen) atoms. The lowest BCUT2D eigenvalue weighted by atomic mass is 10.0. The minimum Gasteiger partial charge on any atom is -0.480 e. The number of halogens is 1. The van der Waals surface area contributed by atoms with Crippen LogP contribution in [0.3, 0.4) is 0 Å². The highest BCUT2D eigenvalue weighted by molar-refractivity contribution is 6.38. The van der Waals surface area contributed by atoms with Gasteiger partial charge in [0.25, 0.3) is 5.91 Å². The first-order valence-electron chi connectivity index (χ1n) is 7.29. The third-order valence-electron chi connectivity index (χ3n) is 4.30. The number of fused-ring (bicyclic) bond motifs is 1. The molecule has 0 spiro atoms. The molecule has 5 nitrogen and oxygen atoms in total. The van der Waals surface area contributed by atoms with Gasteiger partial charge in [-0.05, 0) is 25.3 Å². The van der Waals surface area contributed by atoms with Crippen molar-refractivity contribution in [3.63, 3.8) is 0 Å². The summed E-state index contributed by atoms with van der Waals surface area (Å²) in [6, 6.07) is 6.73. The lowest BCUT2D eigenvalue weighted by molar-refractivity contribution is -0.143. The van der Waals surface area contributed by atoms with E-state index in [1.165, 1.54) is 4.90 Å². The summed E-state index contributed by atoms with van der Waals surface area (Å²) >= 11 is 6.39. The maximum absolute atomic E-state index is 12.9. The fraction of sp³-hybridized carbons (Fsp3) is 0.375. The van der Waals surface area contributed by atoms with E-state index >= 15 is 0 Å². The van der Waals surface area contributed by atoms with E-state index in [1.807, 2.05) is 24.3 Å². The van der Waals surface area contributed by atoms with Gasteiger partial charge in [0.05, 0.1) is 5.02 Å². The Balaban J connectivity index is 2.07. The molecule has 1 saturated heterocycles. The number of likely N-dealkylation sites (tertiary alicyclic amines) is 1. The molecule has 1 N–H and O–H groups in total. The summed E-state index contributed by atoms with van der Waals surface area (Å²) in [7, 11) is 1.78. The van der Waals surface area contributed by atoms with Gasteiger partial charge in [0.2, 0.25) is 0 Å². The molecule has 1 fully saturated rings. The average Bonchev–Trinajstić information content (AvgIpc) is 2.79. The first-order chi connectivity index (χ1) is 10.5. The van der Waals surface area contributed by atoms with Crippen molar-refractivity contribution >= 4 is 34.4 Å². The van der Waals surface area contributed by atoms with Crippen LogP contribution in [0.2, 0.25) is 5.02 Å². The number of aryl methyl sites for hydroxylation is 1. The number of aliphatic carboxylic acids is 1. The molecule has 1 aliphatic heterocycles. The third-order valence-corrected chi connectivity index (χ3v) is 4.68. The van der Waals surface area contributed by atoms with Crippen LogP contribution in [-0.2, 0) is 11.8 Å².